The number of fused-ring (bicyclic) bond motifs is 2. The van der Waals surface area contributed by atoms with Gasteiger partial charge in [0, 0.05) is 25.5 Å². The van der Waals surface area contributed by atoms with E-state index in [4.69, 9.17) is 0 Å². The van der Waals surface area contributed by atoms with Crippen LogP contribution in [0.1, 0.15) is 46.9 Å². The Morgan fingerprint density at radius 3 is 2.68 bits per heavy atom. The molecule has 2 aromatic carbocycles. The molecule has 0 bridgehead atoms. The van der Waals surface area contributed by atoms with Crippen LogP contribution in [0.3, 0.4) is 0 Å². The lowest BCUT2D eigenvalue weighted by atomic mass is 9.80. The third-order valence-electron chi connectivity index (χ3n) is 8.21. The van der Waals surface area contributed by atoms with Crippen molar-refractivity contribution in [1.29, 1.82) is 5.26 Å². The van der Waals surface area contributed by atoms with Crippen molar-refractivity contribution in [2.24, 2.45) is 0 Å². The number of anilines is 1. The lowest BCUT2D eigenvalue weighted by molar-refractivity contribution is -0.121. The Morgan fingerprint density at radius 2 is 1.95 bits per heavy atom. The summed E-state index contributed by atoms with van der Waals surface area (Å²) in [7, 11) is 1.67. The highest BCUT2D eigenvalue weighted by Crippen LogP contribution is 2.47. The number of likely N-dealkylation sites (tertiary alicyclic amines) is 1. The van der Waals surface area contributed by atoms with E-state index < -0.39 is 23.7 Å². The van der Waals surface area contributed by atoms with Crippen LogP contribution in [-0.4, -0.2) is 68.4 Å². The molecule has 2 aliphatic heterocycles. The van der Waals surface area contributed by atoms with E-state index in [0.717, 1.165) is 29.7 Å². The number of hydrogen-bond donors (Lipinski definition) is 2. The quantitative estimate of drug-likeness (QED) is 0.505. The number of rotatable bonds is 7. The van der Waals surface area contributed by atoms with E-state index in [9.17, 15) is 20.0 Å². The van der Waals surface area contributed by atoms with Gasteiger partial charge in [-0.25, -0.2) is 0 Å². The molecule has 1 aliphatic carbocycles. The largest absolute Gasteiger partial charge is 0.376 e. The molecule has 1 saturated carbocycles. The van der Waals surface area contributed by atoms with Crippen LogP contribution >= 0.6 is 0 Å². The Hall–Kier alpha value is -4.00. The first kappa shape index (κ1) is 24.3. The van der Waals surface area contributed by atoms with E-state index in [1.807, 2.05) is 65.5 Å². The number of aromatic nitrogens is 2. The van der Waals surface area contributed by atoms with Crippen LogP contribution in [0.15, 0.2) is 66.9 Å². The second-order valence-corrected chi connectivity index (χ2v) is 10.6. The Morgan fingerprint density at radius 1 is 1.21 bits per heavy atom. The highest BCUT2D eigenvalue weighted by Gasteiger charge is 2.56. The zero-order chi connectivity index (χ0) is 26.4. The molecular formula is C29H30N6O3. The minimum atomic E-state index is -1.18. The molecule has 3 aliphatic rings. The molecule has 1 aromatic heterocycles. The first-order chi connectivity index (χ1) is 18.4. The molecule has 2 N–H and O–H groups in total. The second-order valence-electron chi connectivity index (χ2n) is 10.6. The monoisotopic (exact) mass is 510 g/mol. The topological polar surface area (TPSA) is 114 Å². The van der Waals surface area contributed by atoms with E-state index in [1.165, 1.54) is 4.90 Å². The van der Waals surface area contributed by atoms with Crippen molar-refractivity contribution >= 4 is 17.5 Å². The van der Waals surface area contributed by atoms with Gasteiger partial charge in [-0.15, -0.1) is 0 Å². The molecule has 9 nitrogen and oxygen atoms in total. The summed E-state index contributed by atoms with van der Waals surface area (Å²) in [5.41, 5.74) is 1.93. The van der Waals surface area contributed by atoms with E-state index in [2.05, 4.69) is 16.5 Å². The van der Waals surface area contributed by atoms with Crippen LogP contribution < -0.4 is 5.32 Å². The van der Waals surface area contributed by atoms with E-state index in [-0.39, 0.29) is 24.8 Å². The Bertz CT molecular complexity index is 1410. The lowest BCUT2D eigenvalue weighted by Gasteiger charge is -2.37. The van der Waals surface area contributed by atoms with Gasteiger partial charge in [0.2, 0.25) is 5.91 Å². The number of nitriles is 1. The highest BCUT2D eigenvalue weighted by atomic mass is 16.3. The molecule has 3 heterocycles. The van der Waals surface area contributed by atoms with Crippen LogP contribution in [0, 0.1) is 11.3 Å². The van der Waals surface area contributed by atoms with Gasteiger partial charge in [0.25, 0.3) is 5.91 Å². The summed E-state index contributed by atoms with van der Waals surface area (Å²) in [6.45, 7) is 0.179. The maximum atomic E-state index is 13.6. The van der Waals surface area contributed by atoms with Gasteiger partial charge in [0.05, 0.1) is 23.6 Å². The number of likely N-dealkylation sites (N-methyl/N-ethyl adjacent to an activating group) is 1. The molecule has 2 fully saturated rings. The molecule has 9 heteroatoms. The molecule has 4 atom stereocenters. The molecule has 1 unspecified atom stereocenters. The fraction of sp³-hybridized carbons (Fsp3) is 0.379. The zero-order valence-electron chi connectivity index (χ0n) is 21.2. The van der Waals surface area contributed by atoms with Crippen molar-refractivity contribution in [3.63, 3.8) is 0 Å². The summed E-state index contributed by atoms with van der Waals surface area (Å²) >= 11 is 0. The number of carbonyl (C=O) groups excluding carboxylic acids is 2. The smallest absolute Gasteiger partial charge is 0.274 e. The summed E-state index contributed by atoms with van der Waals surface area (Å²) in [5.74, 6) is -0.459. The average Bonchev–Trinajstić information content (AvgIpc) is 3.43. The molecule has 1 saturated heterocycles. The first-order valence-electron chi connectivity index (χ1n) is 13.0. The van der Waals surface area contributed by atoms with Crippen LogP contribution in [0.25, 0.3) is 0 Å². The van der Waals surface area contributed by atoms with Crippen molar-refractivity contribution in [3.8, 4) is 6.07 Å². The highest BCUT2D eigenvalue weighted by molar-refractivity contribution is 6.06. The number of para-hydroxylation sites is 1. The summed E-state index contributed by atoms with van der Waals surface area (Å²) < 4.78 is 1.83. The fourth-order valence-electron chi connectivity index (χ4n) is 5.91. The summed E-state index contributed by atoms with van der Waals surface area (Å²) in [6, 6.07) is 20.2. The van der Waals surface area contributed by atoms with Gasteiger partial charge in [-0.05, 0) is 48.9 Å². The molecule has 6 rings (SSSR count). The van der Waals surface area contributed by atoms with Crippen molar-refractivity contribution in [1.82, 2.24) is 19.6 Å². The van der Waals surface area contributed by atoms with Crippen molar-refractivity contribution in [3.05, 3.63) is 83.7 Å². The van der Waals surface area contributed by atoms with Gasteiger partial charge in [-0.3, -0.25) is 19.2 Å². The normalized spacial score (nSPS) is 24.0. The summed E-state index contributed by atoms with van der Waals surface area (Å²) in [6.07, 6.45) is 3.41. The second kappa shape index (κ2) is 9.39. The Labute approximate surface area is 221 Å². The fourth-order valence-corrected chi connectivity index (χ4v) is 5.91. The predicted octanol–water partition coefficient (Wildman–Crippen LogP) is 2.71. The van der Waals surface area contributed by atoms with E-state index >= 15 is 0 Å². The minimum Gasteiger partial charge on any atom is -0.376 e. The number of aliphatic hydroxyl groups excluding tert-OH is 1. The molecule has 2 amide bonds. The minimum absolute atomic E-state index is 0.164. The summed E-state index contributed by atoms with van der Waals surface area (Å²) in [5, 5.41) is 29.4. The van der Waals surface area contributed by atoms with Crippen molar-refractivity contribution in [2.45, 2.75) is 55.5 Å². The number of nitrogens with zero attached hydrogens (tertiary/aromatic N) is 5. The third kappa shape index (κ3) is 4.06. The maximum Gasteiger partial charge on any atom is 0.274 e. The first-order valence-corrected chi connectivity index (χ1v) is 13.0. The van der Waals surface area contributed by atoms with E-state index in [0.29, 0.717) is 18.2 Å². The van der Waals surface area contributed by atoms with Crippen molar-refractivity contribution < 1.29 is 14.7 Å². The number of amides is 2. The van der Waals surface area contributed by atoms with Gasteiger partial charge in [0.1, 0.15) is 18.0 Å². The zero-order valence-corrected chi connectivity index (χ0v) is 21.2. The lowest BCUT2D eigenvalue weighted by Crippen LogP contribution is -2.55. The molecule has 0 radical (unpaired) electrons. The SMILES string of the molecule is CN(C(=O)c1ccn(C2CC2)n1)[C@@H](Cc1ccccc1)C(O)N1C[C@]2(C[C@H]1C#N)C(=O)Nc1ccccc12. The number of hydrogen-bond acceptors (Lipinski definition) is 6. The molecular weight excluding hydrogens is 480 g/mol. The Kier molecular flexibility index (Phi) is 6.01. The summed E-state index contributed by atoms with van der Waals surface area (Å²) in [4.78, 5) is 30.0. The van der Waals surface area contributed by atoms with Gasteiger partial charge in [-0.2, -0.15) is 10.4 Å². The van der Waals surface area contributed by atoms with Gasteiger partial charge < -0.3 is 15.3 Å². The molecule has 38 heavy (non-hydrogen) atoms. The number of nitrogens with one attached hydrogen (secondary N) is 1. The third-order valence-corrected chi connectivity index (χ3v) is 8.21. The van der Waals surface area contributed by atoms with Gasteiger partial charge in [0.15, 0.2) is 0 Å². The van der Waals surface area contributed by atoms with Crippen LogP contribution in [-0.2, 0) is 16.6 Å². The van der Waals surface area contributed by atoms with Gasteiger partial charge >= 0.3 is 0 Å². The number of aliphatic hydroxyl groups is 1. The average molecular weight is 511 g/mol. The van der Waals surface area contributed by atoms with Crippen molar-refractivity contribution in [2.75, 3.05) is 18.9 Å². The number of benzene rings is 2. The standard InChI is InChI=1S/C29H30N6O3/c1-33(26(36)24-13-14-35(32-24)20-11-12-20)25(15-19-7-3-2-4-8-19)27(37)34-18-29(16-21(34)17-30)22-9-5-6-10-23(22)31-28(29)38/h2-10,13-14,20-21,25,27,37H,11-12,15-16,18H2,1H3,(H,31,38)/t21-,25-,27?,29-/m0/s1. The van der Waals surface area contributed by atoms with Gasteiger partial charge in [-0.1, -0.05) is 48.5 Å². The van der Waals surface area contributed by atoms with Crippen LogP contribution in [0.2, 0.25) is 0 Å². The predicted molar refractivity (Wildman–Crippen MR) is 140 cm³/mol. The maximum absolute atomic E-state index is 13.6. The van der Waals surface area contributed by atoms with Crippen LogP contribution in [0.5, 0.6) is 0 Å². The number of carbonyl (C=O) groups is 2. The Balaban J connectivity index is 1.32. The van der Waals surface area contributed by atoms with E-state index in [1.54, 1.807) is 18.0 Å². The molecule has 1 spiro atoms. The van der Waals surface area contributed by atoms with Crippen LogP contribution in [0.4, 0.5) is 5.69 Å². The molecule has 194 valence electrons. The molecule has 3 aromatic rings.